The van der Waals surface area contributed by atoms with Crippen LogP contribution in [0.4, 0.5) is 0 Å². The molecule has 4 aromatic rings. The van der Waals surface area contributed by atoms with Crippen LogP contribution in [0.3, 0.4) is 0 Å². The lowest BCUT2D eigenvalue weighted by Crippen LogP contribution is -2.40. The van der Waals surface area contributed by atoms with Crippen LogP contribution in [0.15, 0.2) is 81.7 Å². The Balaban J connectivity index is 1.36. The number of methoxy groups -OCH3 is 2. The first-order valence-corrected chi connectivity index (χ1v) is 14.8. The van der Waals surface area contributed by atoms with Gasteiger partial charge >= 0.3 is 5.97 Å². The fourth-order valence-corrected chi connectivity index (χ4v) is 6.26. The molecule has 0 radical (unpaired) electrons. The largest absolute Gasteiger partial charge is 0.496 e. The van der Waals surface area contributed by atoms with Crippen LogP contribution >= 0.6 is 11.3 Å². The van der Waals surface area contributed by atoms with Crippen LogP contribution in [-0.2, 0) is 16.1 Å². The van der Waals surface area contributed by atoms with E-state index >= 15 is 0 Å². The van der Waals surface area contributed by atoms with Gasteiger partial charge in [0.1, 0.15) is 18.4 Å². The maximum absolute atomic E-state index is 14.0. The third kappa shape index (κ3) is 5.42. The molecule has 3 aromatic carbocycles. The SMILES string of the molecule is CCOC(=O)C1=C(C)N=c2sc(=Cc3ccc(OCc4ccc5c(c4)OCO5)c(OC)c3)c(=O)n2[C@H]1c1ccccc1OC. The summed E-state index contributed by atoms with van der Waals surface area (Å²) in [6.45, 7) is 4.19. The van der Waals surface area contributed by atoms with Crippen LogP contribution < -0.4 is 38.6 Å². The summed E-state index contributed by atoms with van der Waals surface area (Å²) in [5, 5.41) is 0. The first-order valence-electron chi connectivity index (χ1n) is 13.9. The number of carbonyl (C=O) groups excluding carboxylic acids is 1. The van der Waals surface area contributed by atoms with Gasteiger partial charge in [-0.05, 0) is 61.4 Å². The number of hydrogen-bond acceptors (Lipinski definition) is 10. The molecule has 3 heterocycles. The number of allylic oxidation sites excluding steroid dienone is 1. The lowest BCUT2D eigenvalue weighted by Gasteiger charge is -2.25. The summed E-state index contributed by atoms with van der Waals surface area (Å²) < 4.78 is 35.5. The predicted octanol–water partition coefficient (Wildman–Crippen LogP) is 4.12. The number of aromatic nitrogens is 1. The quantitative estimate of drug-likeness (QED) is 0.259. The van der Waals surface area contributed by atoms with Gasteiger partial charge in [-0.3, -0.25) is 9.36 Å². The number of nitrogens with zero attached hydrogens (tertiary/aromatic N) is 2. The number of carbonyl (C=O) groups is 1. The van der Waals surface area contributed by atoms with Crippen molar-refractivity contribution in [1.29, 1.82) is 0 Å². The second kappa shape index (κ2) is 12.3. The van der Waals surface area contributed by atoms with Gasteiger partial charge in [0, 0.05) is 5.56 Å². The number of fused-ring (bicyclic) bond motifs is 2. The van der Waals surface area contributed by atoms with Gasteiger partial charge in [0.05, 0.1) is 36.6 Å². The van der Waals surface area contributed by atoms with E-state index in [4.69, 9.17) is 28.4 Å². The number of hydrogen-bond donors (Lipinski definition) is 0. The normalized spacial score (nSPS) is 15.5. The summed E-state index contributed by atoms with van der Waals surface area (Å²) in [5.74, 6) is 2.48. The third-order valence-electron chi connectivity index (χ3n) is 7.27. The van der Waals surface area contributed by atoms with Gasteiger partial charge in [0.25, 0.3) is 5.56 Å². The Labute approximate surface area is 257 Å². The molecule has 0 aliphatic carbocycles. The van der Waals surface area contributed by atoms with E-state index in [1.807, 2.05) is 42.5 Å². The van der Waals surface area contributed by atoms with E-state index in [0.29, 0.717) is 61.5 Å². The highest BCUT2D eigenvalue weighted by Gasteiger charge is 2.35. The molecule has 0 unspecified atom stereocenters. The molecular formula is C33H30N2O8S. The zero-order valence-corrected chi connectivity index (χ0v) is 25.4. The Morgan fingerprint density at radius 1 is 1.02 bits per heavy atom. The van der Waals surface area contributed by atoms with Crippen LogP contribution in [0.5, 0.6) is 28.7 Å². The van der Waals surface area contributed by atoms with E-state index in [9.17, 15) is 9.59 Å². The molecule has 0 amide bonds. The van der Waals surface area contributed by atoms with Crippen LogP contribution in [0.25, 0.3) is 6.08 Å². The molecule has 44 heavy (non-hydrogen) atoms. The summed E-state index contributed by atoms with van der Waals surface area (Å²) >= 11 is 1.24. The molecule has 0 N–H and O–H groups in total. The van der Waals surface area contributed by atoms with Gasteiger partial charge < -0.3 is 28.4 Å². The molecule has 0 saturated heterocycles. The Morgan fingerprint density at radius 2 is 1.82 bits per heavy atom. The number of rotatable bonds is 9. The highest BCUT2D eigenvalue weighted by Crippen LogP contribution is 2.36. The van der Waals surface area contributed by atoms with Crippen molar-refractivity contribution in [2.24, 2.45) is 4.99 Å². The number of thiazole rings is 1. The zero-order chi connectivity index (χ0) is 30.8. The van der Waals surface area contributed by atoms with E-state index < -0.39 is 12.0 Å². The van der Waals surface area contributed by atoms with Crippen molar-refractivity contribution in [3.05, 3.63) is 108 Å². The van der Waals surface area contributed by atoms with Gasteiger partial charge in [-0.2, -0.15) is 0 Å². The van der Waals surface area contributed by atoms with Crippen LogP contribution in [-0.4, -0.2) is 38.2 Å². The average Bonchev–Trinajstić information content (AvgIpc) is 3.63. The number of para-hydroxylation sites is 1. The van der Waals surface area contributed by atoms with E-state index in [1.54, 1.807) is 52.3 Å². The minimum absolute atomic E-state index is 0.191. The van der Waals surface area contributed by atoms with Crippen molar-refractivity contribution < 1.29 is 33.2 Å². The maximum atomic E-state index is 14.0. The van der Waals surface area contributed by atoms with Gasteiger partial charge in [-0.1, -0.05) is 41.7 Å². The maximum Gasteiger partial charge on any atom is 0.338 e. The molecule has 11 heteroatoms. The number of benzene rings is 3. The molecule has 0 saturated carbocycles. The molecule has 1 atom stereocenters. The van der Waals surface area contributed by atoms with Gasteiger partial charge in [-0.25, -0.2) is 9.79 Å². The molecule has 0 fully saturated rings. The summed E-state index contributed by atoms with van der Waals surface area (Å²) in [6, 6.07) is 17.7. The highest BCUT2D eigenvalue weighted by molar-refractivity contribution is 7.07. The zero-order valence-electron chi connectivity index (χ0n) is 24.6. The van der Waals surface area contributed by atoms with Crippen LogP contribution in [0, 0.1) is 0 Å². The van der Waals surface area contributed by atoms with Gasteiger partial charge in [0.15, 0.2) is 27.8 Å². The van der Waals surface area contributed by atoms with E-state index in [2.05, 4.69) is 4.99 Å². The molecule has 226 valence electrons. The van der Waals surface area contributed by atoms with Crippen molar-refractivity contribution >= 4 is 23.4 Å². The van der Waals surface area contributed by atoms with E-state index in [-0.39, 0.29) is 19.0 Å². The molecule has 0 bridgehead atoms. The minimum Gasteiger partial charge on any atom is -0.496 e. The lowest BCUT2D eigenvalue weighted by atomic mass is 9.95. The smallest absolute Gasteiger partial charge is 0.338 e. The van der Waals surface area contributed by atoms with Crippen LogP contribution in [0.2, 0.25) is 0 Å². The van der Waals surface area contributed by atoms with Crippen molar-refractivity contribution in [1.82, 2.24) is 4.57 Å². The summed E-state index contributed by atoms with van der Waals surface area (Å²) in [4.78, 5) is 32.3. The Bertz CT molecular complexity index is 1960. The Hall–Kier alpha value is -5.03. The fourth-order valence-electron chi connectivity index (χ4n) is 5.21. The second-order valence-electron chi connectivity index (χ2n) is 9.93. The Morgan fingerprint density at radius 3 is 2.61 bits per heavy atom. The van der Waals surface area contributed by atoms with Crippen molar-refractivity contribution in [3.8, 4) is 28.7 Å². The lowest BCUT2D eigenvalue weighted by molar-refractivity contribution is -0.139. The summed E-state index contributed by atoms with van der Waals surface area (Å²) in [7, 11) is 3.12. The predicted molar refractivity (Wildman–Crippen MR) is 163 cm³/mol. The van der Waals surface area contributed by atoms with Crippen molar-refractivity contribution in [3.63, 3.8) is 0 Å². The summed E-state index contributed by atoms with van der Waals surface area (Å²) in [6.07, 6.45) is 1.77. The minimum atomic E-state index is -0.773. The molecular weight excluding hydrogens is 584 g/mol. The number of ether oxygens (including phenoxy) is 6. The average molecular weight is 615 g/mol. The van der Waals surface area contributed by atoms with Gasteiger partial charge in [0.2, 0.25) is 6.79 Å². The fraction of sp³-hybridized carbons (Fsp3) is 0.242. The van der Waals surface area contributed by atoms with Crippen molar-refractivity contribution in [2.45, 2.75) is 26.5 Å². The molecule has 6 rings (SSSR count). The second-order valence-corrected chi connectivity index (χ2v) is 10.9. The Kier molecular flexibility index (Phi) is 8.12. The molecule has 0 spiro atoms. The monoisotopic (exact) mass is 614 g/mol. The highest BCUT2D eigenvalue weighted by atomic mass is 32.1. The molecule has 10 nitrogen and oxygen atoms in total. The first kappa shape index (κ1) is 29.1. The summed E-state index contributed by atoms with van der Waals surface area (Å²) in [5.41, 5.74) is 2.80. The molecule has 1 aromatic heterocycles. The third-order valence-corrected chi connectivity index (χ3v) is 8.25. The standard InChI is InChI=1S/C33H30N2O8S/c1-5-40-32(37)29-19(2)34-33-35(30(29)22-8-6-7-9-23(22)38-3)31(36)28(44-33)16-20-10-12-24(26(14-20)39-4)41-17-21-11-13-25-27(15-21)43-18-42-25/h6-16,30H,5,17-18H2,1-4H3/t30-/m0/s1. The molecule has 2 aliphatic heterocycles. The number of esters is 1. The molecule has 2 aliphatic rings. The first-order chi connectivity index (χ1) is 21.4. The van der Waals surface area contributed by atoms with Crippen LogP contribution in [0.1, 0.15) is 36.6 Å². The topological polar surface area (TPSA) is 107 Å². The van der Waals surface area contributed by atoms with Crippen molar-refractivity contribution in [2.75, 3.05) is 27.6 Å². The van der Waals surface area contributed by atoms with Gasteiger partial charge in [-0.15, -0.1) is 0 Å². The van der Waals surface area contributed by atoms with E-state index in [0.717, 1.165) is 11.1 Å². The van der Waals surface area contributed by atoms with E-state index in [1.165, 1.54) is 15.9 Å².